The standard InChI is InChI=1S/C25H19ClN6O3/c1-15-21(24(33)28-18-7-3-2-4-8-18)22(19-9-5-6-10-20(19)32(34)35)31-25(27-15)29-23(30-31)16-11-13-17(26)14-12-16/h2-14,22H,1H3,(H,28,33)(H,27,29,30)/t22-/m0/s1. The van der Waals surface area contributed by atoms with Crippen LogP contribution in [0.15, 0.2) is 90.1 Å². The zero-order valence-electron chi connectivity index (χ0n) is 18.5. The minimum atomic E-state index is -0.884. The Morgan fingerprint density at radius 3 is 2.46 bits per heavy atom. The van der Waals surface area contributed by atoms with Crippen LogP contribution in [0.25, 0.3) is 11.4 Å². The van der Waals surface area contributed by atoms with Gasteiger partial charge in [-0.3, -0.25) is 14.9 Å². The number of carbonyl (C=O) groups excluding carboxylic acids is 1. The summed E-state index contributed by atoms with van der Waals surface area (Å²) in [6.45, 7) is 1.74. The number of para-hydroxylation sites is 2. The molecule has 10 heteroatoms. The van der Waals surface area contributed by atoms with E-state index in [-0.39, 0.29) is 5.69 Å². The smallest absolute Gasteiger partial charge is 0.275 e. The highest BCUT2D eigenvalue weighted by Crippen LogP contribution is 2.40. The number of hydrogen-bond donors (Lipinski definition) is 2. The zero-order valence-corrected chi connectivity index (χ0v) is 19.2. The number of rotatable bonds is 5. The molecule has 1 amide bonds. The number of allylic oxidation sites excluding steroid dienone is 1. The summed E-state index contributed by atoms with van der Waals surface area (Å²) in [5.41, 5.74) is 2.34. The highest BCUT2D eigenvalue weighted by Gasteiger charge is 2.37. The molecule has 3 aromatic carbocycles. The van der Waals surface area contributed by atoms with Crippen LogP contribution in [0, 0.1) is 10.1 Å². The van der Waals surface area contributed by atoms with Gasteiger partial charge in [-0.2, -0.15) is 4.98 Å². The van der Waals surface area contributed by atoms with Crippen molar-refractivity contribution in [2.45, 2.75) is 13.0 Å². The number of fused-ring (bicyclic) bond motifs is 1. The molecular formula is C25H19ClN6O3. The molecule has 1 aliphatic rings. The fourth-order valence-electron chi connectivity index (χ4n) is 4.06. The van der Waals surface area contributed by atoms with Crippen molar-refractivity contribution in [3.63, 3.8) is 0 Å². The Morgan fingerprint density at radius 1 is 1.06 bits per heavy atom. The van der Waals surface area contributed by atoms with Gasteiger partial charge in [0.2, 0.25) is 5.95 Å². The molecular weight excluding hydrogens is 468 g/mol. The SMILES string of the molecule is CC1=C(C(=O)Nc2ccccc2)[C@H](c2ccccc2[N+](=O)[O-])n2nc(-c3ccc(Cl)cc3)nc2N1. The average molecular weight is 487 g/mol. The minimum Gasteiger partial charge on any atom is -0.328 e. The van der Waals surface area contributed by atoms with E-state index in [1.54, 1.807) is 61.5 Å². The fourth-order valence-corrected chi connectivity index (χ4v) is 4.18. The highest BCUT2D eigenvalue weighted by molar-refractivity contribution is 6.30. The predicted molar refractivity (Wildman–Crippen MR) is 133 cm³/mol. The third kappa shape index (κ3) is 4.24. The van der Waals surface area contributed by atoms with Gasteiger partial charge in [0.15, 0.2) is 5.82 Å². The van der Waals surface area contributed by atoms with Crippen molar-refractivity contribution in [1.29, 1.82) is 0 Å². The van der Waals surface area contributed by atoms with Crippen LogP contribution < -0.4 is 10.6 Å². The molecule has 0 bridgehead atoms. The van der Waals surface area contributed by atoms with Crippen LogP contribution >= 0.6 is 11.6 Å². The van der Waals surface area contributed by atoms with Gasteiger partial charge in [-0.1, -0.05) is 41.9 Å². The Bertz CT molecular complexity index is 1460. The van der Waals surface area contributed by atoms with E-state index < -0.39 is 16.9 Å². The number of hydrogen-bond acceptors (Lipinski definition) is 6. The normalized spacial score (nSPS) is 14.7. The van der Waals surface area contributed by atoms with Gasteiger partial charge in [0.25, 0.3) is 11.6 Å². The van der Waals surface area contributed by atoms with Crippen molar-refractivity contribution < 1.29 is 9.72 Å². The number of nitro benzene ring substituents is 1. The molecule has 35 heavy (non-hydrogen) atoms. The van der Waals surface area contributed by atoms with Gasteiger partial charge in [0.05, 0.1) is 16.1 Å². The Kier molecular flexibility index (Phi) is 5.76. The van der Waals surface area contributed by atoms with Crippen LogP contribution in [0.2, 0.25) is 5.02 Å². The molecule has 0 unspecified atom stereocenters. The molecule has 2 N–H and O–H groups in total. The minimum absolute atomic E-state index is 0.119. The van der Waals surface area contributed by atoms with Crippen LogP contribution in [0.1, 0.15) is 18.5 Å². The number of halogens is 1. The van der Waals surface area contributed by atoms with Crippen molar-refractivity contribution in [3.8, 4) is 11.4 Å². The summed E-state index contributed by atoms with van der Waals surface area (Å²) >= 11 is 6.02. The molecule has 1 aromatic heterocycles. The number of amides is 1. The second-order valence-corrected chi connectivity index (χ2v) is 8.35. The summed E-state index contributed by atoms with van der Waals surface area (Å²) in [5, 5.41) is 23.1. The second kappa shape index (κ2) is 9.03. The number of nitrogens with one attached hydrogen (secondary N) is 2. The lowest BCUT2D eigenvalue weighted by atomic mass is 9.93. The third-order valence-electron chi connectivity index (χ3n) is 5.66. The summed E-state index contributed by atoms with van der Waals surface area (Å²) in [4.78, 5) is 29.5. The quantitative estimate of drug-likeness (QED) is 0.287. The largest absolute Gasteiger partial charge is 0.328 e. The zero-order chi connectivity index (χ0) is 24.5. The second-order valence-electron chi connectivity index (χ2n) is 7.91. The number of benzene rings is 3. The molecule has 0 radical (unpaired) electrons. The lowest BCUT2D eigenvalue weighted by molar-refractivity contribution is -0.385. The molecule has 0 spiro atoms. The Balaban J connectivity index is 1.66. The van der Waals surface area contributed by atoms with E-state index >= 15 is 0 Å². The maximum Gasteiger partial charge on any atom is 0.275 e. The molecule has 2 heterocycles. The first-order chi connectivity index (χ1) is 16.9. The molecule has 0 saturated carbocycles. The first-order valence-corrected chi connectivity index (χ1v) is 11.1. The van der Waals surface area contributed by atoms with E-state index in [9.17, 15) is 14.9 Å². The van der Waals surface area contributed by atoms with E-state index in [1.807, 2.05) is 18.2 Å². The van der Waals surface area contributed by atoms with Gasteiger partial charge >= 0.3 is 0 Å². The number of aromatic nitrogens is 3. The Morgan fingerprint density at radius 2 is 1.74 bits per heavy atom. The fraction of sp³-hybridized carbons (Fsp3) is 0.0800. The van der Waals surface area contributed by atoms with Crippen molar-refractivity contribution in [1.82, 2.24) is 14.8 Å². The van der Waals surface area contributed by atoms with Crippen LogP contribution in [-0.2, 0) is 4.79 Å². The Hall–Kier alpha value is -4.50. The monoisotopic (exact) mass is 486 g/mol. The molecule has 1 aliphatic heterocycles. The van der Waals surface area contributed by atoms with Gasteiger partial charge in [-0.25, -0.2) is 4.68 Å². The first kappa shape index (κ1) is 22.3. The van der Waals surface area contributed by atoms with Crippen LogP contribution in [0.4, 0.5) is 17.3 Å². The molecule has 4 aromatic rings. The van der Waals surface area contributed by atoms with Crippen molar-refractivity contribution in [3.05, 3.63) is 111 Å². The summed E-state index contributed by atoms with van der Waals surface area (Å²) in [6.07, 6.45) is 0. The summed E-state index contributed by atoms with van der Waals surface area (Å²) in [6, 6.07) is 21.5. The third-order valence-corrected chi connectivity index (χ3v) is 5.91. The molecule has 1 atom stereocenters. The van der Waals surface area contributed by atoms with E-state index in [2.05, 4.69) is 20.7 Å². The van der Waals surface area contributed by atoms with Gasteiger partial charge in [-0.05, 0) is 49.4 Å². The number of nitro groups is 1. The van der Waals surface area contributed by atoms with E-state index in [1.165, 1.54) is 10.7 Å². The number of anilines is 2. The maximum absolute atomic E-state index is 13.5. The van der Waals surface area contributed by atoms with E-state index in [0.29, 0.717) is 44.9 Å². The van der Waals surface area contributed by atoms with Crippen LogP contribution in [0.5, 0.6) is 0 Å². The van der Waals surface area contributed by atoms with Gasteiger partial charge in [0.1, 0.15) is 6.04 Å². The van der Waals surface area contributed by atoms with E-state index in [4.69, 9.17) is 11.6 Å². The average Bonchev–Trinajstić information content (AvgIpc) is 3.27. The summed E-state index contributed by atoms with van der Waals surface area (Å²) in [5.74, 6) is 0.357. The van der Waals surface area contributed by atoms with Gasteiger partial charge in [-0.15, -0.1) is 5.10 Å². The number of nitrogens with zero attached hydrogens (tertiary/aromatic N) is 4. The summed E-state index contributed by atoms with van der Waals surface area (Å²) in [7, 11) is 0. The maximum atomic E-state index is 13.5. The molecule has 174 valence electrons. The molecule has 0 fully saturated rings. The van der Waals surface area contributed by atoms with Crippen molar-refractivity contribution in [2.75, 3.05) is 10.6 Å². The van der Waals surface area contributed by atoms with Crippen LogP contribution in [0.3, 0.4) is 0 Å². The first-order valence-electron chi connectivity index (χ1n) is 10.7. The highest BCUT2D eigenvalue weighted by atomic mass is 35.5. The topological polar surface area (TPSA) is 115 Å². The molecule has 0 aliphatic carbocycles. The molecule has 5 rings (SSSR count). The van der Waals surface area contributed by atoms with Gasteiger partial charge in [0, 0.05) is 28.0 Å². The van der Waals surface area contributed by atoms with Crippen LogP contribution in [-0.4, -0.2) is 25.6 Å². The lowest BCUT2D eigenvalue weighted by Gasteiger charge is -2.28. The predicted octanol–water partition coefficient (Wildman–Crippen LogP) is 5.43. The lowest BCUT2D eigenvalue weighted by Crippen LogP contribution is -2.31. The summed E-state index contributed by atoms with van der Waals surface area (Å²) < 4.78 is 1.51. The Labute approximate surface area is 205 Å². The van der Waals surface area contributed by atoms with Crippen molar-refractivity contribution in [2.24, 2.45) is 0 Å². The molecule has 0 saturated heterocycles. The molecule has 9 nitrogen and oxygen atoms in total. The van der Waals surface area contributed by atoms with E-state index in [0.717, 1.165) is 0 Å². The number of carbonyl (C=O) groups is 1. The van der Waals surface area contributed by atoms with Crippen molar-refractivity contribution >= 4 is 34.8 Å². The van der Waals surface area contributed by atoms with Gasteiger partial charge < -0.3 is 10.6 Å².